The summed E-state index contributed by atoms with van der Waals surface area (Å²) in [5.41, 5.74) is 0.791. The molecule has 0 saturated heterocycles. The highest BCUT2D eigenvalue weighted by Crippen LogP contribution is 2.18. The van der Waals surface area contributed by atoms with Gasteiger partial charge in [0, 0.05) is 18.0 Å². The zero-order chi connectivity index (χ0) is 12.8. The lowest BCUT2D eigenvalue weighted by atomic mass is 10.2. The van der Waals surface area contributed by atoms with E-state index >= 15 is 0 Å². The number of nitrogens with zero attached hydrogens (tertiary/aromatic N) is 2. The molecular weight excluding hydrogens is 256 g/mol. The summed E-state index contributed by atoms with van der Waals surface area (Å²) in [6.07, 6.45) is 0. The van der Waals surface area contributed by atoms with Gasteiger partial charge in [0.2, 0.25) is 5.89 Å². The summed E-state index contributed by atoms with van der Waals surface area (Å²) >= 11 is 5.44. The number of aromatic nitrogens is 2. The maximum Gasteiger partial charge on any atom is 0.324 e. The van der Waals surface area contributed by atoms with Crippen molar-refractivity contribution in [2.45, 2.75) is 0 Å². The summed E-state index contributed by atoms with van der Waals surface area (Å²) < 4.78 is 5.29. The number of carbonyl (C=O) groups excluding carboxylic acids is 1. The van der Waals surface area contributed by atoms with Crippen LogP contribution in [0, 0.1) is 0 Å². The molecule has 7 heteroatoms. The van der Waals surface area contributed by atoms with E-state index in [9.17, 15) is 4.79 Å². The van der Waals surface area contributed by atoms with Crippen molar-refractivity contribution in [2.24, 2.45) is 0 Å². The molecule has 0 unspecified atom stereocenters. The van der Waals surface area contributed by atoms with Crippen molar-refractivity contribution in [1.29, 1.82) is 0 Å². The first-order chi connectivity index (χ1) is 8.79. The van der Waals surface area contributed by atoms with Gasteiger partial charge in [0.05, 0.1) is 0 Å². The minimum atomic E-state index is -0.432. The van der Waals surface area contributed by atoms with E-state index in [0.717, 1.165) is 5.56 Å². The fourth-order valence-corrected chi connectivity index (χ4v) is 1.37. The number of benzene rings is 1. The molecule has 0 aliphatic rings. The molecule has 18 heavy (non-hydrogen) atoms. The SMILES string of the molecule is O=C(NCCCl)Nc1nnc(-c2ccccc2)o1. The van der Waals surface area contributed by atoms with Gasteiger partial charge in [-0.25, -0.2) is 4.79 Å². The Morgan fingerprint density at radius 1 is 1.28 bits per heavy atom. The average molecular weight is 267 g/mol. The van der Waals surface area contributed by atoms with Crippen molar-refractivity contribution in [3.63, 3.8) is 0 Å². The molecule has 0 saturated carbocycles. The fraction of sp³-hybridized carbons (Fsp3) is 0.182. The third-order valence-corrected chi connectivity index (χ3v) is 2.24. The summed E-state index contributed by atoms with van der Waals surface area (Å²) in [5.74, 6) is 0.690. The second-order valence-corrected chi connectivity index (χ2v) is 3.73. The van der Waals surface area contributed by atoms with E-state index in [1.54, 1.807) is 0 Å². The van der Waals surface area contributed by atoms with Gasteiger partial charge in [-0.15, -0.1) is 16.7 Å². The molecule has 0 spiro atoms. The third kappa shape index (κ3) is 3.21. The smallest absolute Gasteiger partial charge is 0.324 e. The number of hydrogen-bond donors (Lipinski definition) is 2. The zero-order valence-electron chi connectivity index (χ0n) is 9.39. The van der Waals surface area contributed by atoms with Gasteiger partial charge in [-0.1, -0.05) is 23.3 Å². The van der Waals surface area contributed by atoms with Gasteiger partial charge < -0.3 is 9.73 Å². The van der Waals surface area contributed by atoms with Crippen molar-refractivity contribution in [3.8, 4) is 11.5 Å². The Morgan fingerprint density at radius 3 is 2.78 bits per heavy atom. The van der Waals surface area contributed by atoms with E-state index in [-0.39, 0.29) is 6.01 Å². The van der Waals surface area contributed by atoms with Gasteiger partial charge in [-0.05, 0) is 12.1 Å². The first-order valence-electron chi connectivity index (χ1n) is 5.29. The number of amides is 2. The molecule has 6 nitrogen and oxygen atoms in total. The average Bonchev–Trinajstić information content (AvgIpc) is 2.86. The number of rotatable bonds is 4. The first-order valence-corrected chi connectivity index (χ1v) is 5.83. The largest absolute Gasteiger partial charge is 0.403 e. The van der Waals surface area contributed by atoms with Gasteiger partial charge in [0.1, 0.15) is 0 Å². The Hall–Kier alpha value is -2.08. The molecule has 0 radical (unpaired) electrons. The number of urea groups is 1. The third-order valence-electron chi connectivity index (χ3n) is 2.05. The van der Waals surface area contributed by atoms with Gasteiger partial charge in [0.15, 0.2) is 0 Å². The highest BCUT2D eigenvalue weighted by Gasteiger charge is 2.10. The topological polar surface area (TPSA) is 80.0 Å². The maximum absolute atomic E-state index is 11.3. The summed E-state index contributed by atoms with van der Waals surface area (Å²) in [6, 6.07) is 8.90. The molecule has 1 heterocycles. The predicted molar refractivity (Wildman–Crippen MR) is 67.5 cm³/mol. The van der Waals surface area contributed by atoms with Crippen molar-refractivity contribution in [1.82, 2.24) is 15.5 Å². The molecule has 2 N–H and O–H groups in total. The van der Waals surface area contributed by atoms with Gasteiger partial charge in [-0.3, -0.25) is 5.32 Å². The molecule has 0 aliphatic heterocycles. The Kier molecular flexibility index (Phi) is 4.14. The van der Waals surface area contributed by atoms with Crippen LogP contribution in [0.25, 0.3) is 11.5 Å². The summed E-state index contributed by atoms with van der Waals surface area (Å²) in [4.78, 5) is 11.3. The molecule has 0 bridgehead atoms. The number of alkyl halides is 1. The van der Waals surface area contributed by atoms with Crippen LogP contribution in [0.2, 0.25) is 0 Å². The second kappa shape index (κ2) is 6.02. The van der Waals surface area contributed by atoms with Crippen molar-refractivity contribution in [2.75, 3.05) is 17.7 Å². The second-order valence-electron chi connectivity index (χ2n) is 3.35. The van der Waals surface area contributed by atoms with Crippen LogP contribution in [0.1, 0.15) is 0 Å². The van der Waals surface area contributed by atoms with Gasteiger partial charge in [-0.2, -0.15) is 0 Å². The molecule has 2 amide bonds. The van der Waals surface area contributed by atoms with Crippen LogP contribution in [0.5, 0.6) is 0 Å². The molecule has 94 valence electrons. The van der Waals surface area contributed by atoms with E-state index in [1.807, 2.05) is 30.3 Å². The van der Waals surface area contributed by atoms with Crippen LogP contribution in [0.3, 0.4) is 0 Å². The molecule has 2 aromatic rings. The molecule has 1 aromatic carbocycles. The minimum Gasteiger partial charge on any atom is -0.403 e. The van der Waals surface area contributed by atoms with Crippen molar-refractivity contribution >= 4 is 23.6 Å². The van der Waals surface area contributed by atoms with E-state index in [0.29, 0.717) is 18.3 Å². The van der Waals surface area contributed by atoms with E-state index < -0.39 is 6.03 Å². The van der Waals surface area contributed by atoms with E-state index in [2.05, 4.69) is 20.8 Å². The monoisotopic (exact) mass is 266 g/mol. The van der Waals surface area contributed by atoms with Crippen LogP contribution in [-0.4, -0.2) is 28.7 Å². The lowest BCUT2D eigenvalue weighted by molar-refractivity contribution is 0.252. The molecule has 0 atom stereocenters. The molecule has 0 aliphatic carbocycles. The highest BCUT2D eigenvalue weighted by atomic mass is 35.5. The summed E-state index contributed by atoms with van der Waals surface area (Å²) in [6.45, 7) is 0.368. The van der Waals surface area contributed by atoms with E-state index in [1.165, 1.54) is 0 Å². The van der Waals surface area contributed by atoms with Gasteiger partial charge >= 0.3 is 12.0 Å². The van der Waals surface area contributed by atoms with Crippen molar-refractivity contribution < 1.29 is 9.21 Å². The number of carbonyl (C=O) groups is 1. The van der Waals surface area contributed by atoms with Crippen LogP contribution >= 0.6 is 11.6 Å². The van der Waals surface area contributed by atoms with E-state index in [4.69, 9.17) is 16.0 Å². The number of halogens is 1. The zero-order valence-corrected chi connectivity index (χ0v) is 10.1. The normalized spacial score (nSPS) is 10.1. The molecular formula is C11H11ClN4O2. The number of anilines is 1. The molecule has 2 rings (SSSR count). The van der Waals surface area contributed by atoms with Crippen LogP contribution < -0.4 is 10.6 Å². The fourth-order valence-electron chi connectivity index (χ4n) is 1.27. The standard InChI is InChI=1S/C11H11ClN4O2/c12-6-7-13-10(17)14-11-16-15-9(18-11)8-4-2-1-3-5-8/h1-5H,6-7H2,(H2,13,14,16,17). The lowest BCUT2D eigenvalue weighted by Gasteiger charge is -2.00. The quantitative estimate of drug-likeness (QED) is 0.831. The lowest BCUT2D eigenvalue weighted by Crippen LogP contribution is -2.30. The van der Waals surface area contributed by atoms with Gasteiger partial charge in [0.25, 0.3) is 0 Å². The van der Waals surface area contributed by atoms with Crippen LogP contribution in [0.4, 0.5) is 10.8 Å². The maximum atomic E-state index is 11.3. The first kappa shape index (κ1) is 12.4. The Balaban J connectivity index is 2.00. The Bertz CT molecular complexity index is 515. The molecule has 1 aromatic heterocycles. The highest BCUT2D eigenvalue weighted by molar-refractivity contribution is 6.18. The number of hydrogen-bond acceptors (Lipinski definition) is 4. The Morgan fingerprint density at radius 2 is 2.06 bits per heavy atom. The van der Waals surface area contributed by atoms with Crippen LogP contribution in [0.15, 0.2) is 34.7 Å². The summed E-state index contributed by atoms with van der Waals surface area (Å²) in [5, 5.41) is 12.5. The summed E-state index contributed by atoms with van der Waals surface area (Å²) in [7, 11) is 0. The predicted octanol–water partition coefficient (Wildman–Crippen LogP) is 2.10. The number of nitrogens with one attached hydrogen (secondary N) is 2. The Labute approximate surface area is 108 Å². The van der Waals surface area contributed by atoms with Crippen molar-refractivity contribution in [3.05, 3.63) is 30.3 Å². The minimum absolute atomic E-state index is 0.0425. The molecule has 0 fully saturated rings. The van der Waals surface area contributed by atoms with Crippen LogP contribution in [-0.2, 0) is 0 Å².